The Hall–Kier alpha value is -4.20. The second-order valence-electron chi connectivity index (χ2n) is 6.04. The van der Waals surface area contributed by atoms with E-state index in [-0.39, 0.29) is 11.3 Å². The SMILES string of the molecule is Cc1cccc(NC(=O)c2ccccc2NC(=O)C(=O)NN=Cc2ccco2)c1. The third-order valence-electron chi connectivity index (χ3n) is 3.80. The van der Waals surface area contributed by atoms with Crippen LogP contribution >= 0.6 is 0 Å². The second kappa shape index (κ2) is 9.14. The zero-order valence-corrected chi connectivity index (χ0v) is 15.5. The van der Waals surface area contributed by atoms with Crippen molar-refractivity contribution in [2.75, 3.05) is 10.6 Å². The Kier molecular flexibility index (Phi) is 6.16. The molecule has 8 nitrogen and oxygen atoms in total. The molecule has 8 heteroatoms. The Balaban J connectivity index is 1.65. The van der Waals surface area contributed by atoms with Crippen LogP contribution in [0.15, 0.2) is 76.4 Å². The summed E-state index contributed by atoms with van der Waals surface area (Å²) in [6.07, 6.45) is 2.71. The number of carbonyl (C=O) groups is 3. The summed E-state index contributed by atoms with van der Waals surface area (Å²) in [6.45, 7) is 1.91. The van der Waals surface area contributed by atoms with Gasteiger partial charge in [0.05, 0.1) is 23.7 Å². The van der Waals surface area contributed by atoms with Crippen LogP contribution in [-0.2, 0) is 9.59 Å². The van der Waals surface area contributed by atoms with E-state index in [0.717, 1.165) is 5.56 Å². The first-order chi connectivity index (χ1) is 14.0. The molecular formula is C21H18N4O4. The van der Waals surface area contributed by atoms with Crippen molar-refractivity contribution in [2.24, 2.45) is 5.10 Å². The van der Waals surface area contributed by atoms with E-state index in [0.29, 0.717) is 11.4 Å². The molecule has 0 fully saturated rings. The summed E-state index contributed by atoms with van der Waals surface area (Å²) in [6, 6.07) is 17.0. The number of para-hydroxylation sites is 1. The van der Waals surface area contributed by atoms with Crippen LogP contribution < -0.4 is 16.1 Å². The van der Waals surface area contributed by atoms with Gasteiger partial charge in [-0.25, -0.2) is 5.43 Å². The molecule has 0 aliphatic heterocycles. The number of hydrazone groups is 1. The van der Waals surface area contributed by atoms with Gasteiger partial charge in [-0.1, -0.05) is 24.3 Å². The second-order valence-corrected chi connectivity index (χ2v) is 6.04. The van der Waals surface area contributed by atoms with Crippen molar-refractivity contribution in [2.45, 2.75) is 6.92 Å². The van der Waals surface area contributed by atoms with E-state index in [1.54, 1.807) is 36.4 Å². The van der Waals surface area contributed by atoms with E-state index in [1.807, 2.05) is 25.1 Å². The van der Waals surface area contributed by atoms with Crippen LogP contribution in [0.2, 0.25) is 0 Å². The topological polar surface area (TPSA) is 113 Å². The number of furan rings is 1. The highest BCUT2D eigenvalue weighted by atomic mass is 16.3. The summed E-state index contributed by atoms with van der Waals surface area (Å²) < 4.78 is 5.02. The lowest BCUT2D eigenvalue weighted by Crippen LogP contribution is -2.33. The maximum atomic E-state index is 12.6. The Morgan fingerprint density at radius 3 is 2.52 bits per heavy atom. The number of amides is 3. The fraction of sp³-hybridized carbons (Fsp3) is 0.0476. The van der Waals surface area contributed by atoms with Gasteiger partial charge in [-0.3, -0.25) is 14.4 Å². The lowest BCUT2D eigenvalue weighted by atomic mass is 10.1. The van der Waals surface area contributed by atoms with E-state index in [9.17, 15) is 14.4 Å². The highest BCUT2D eigenvalue weighted by Crippen LogP contribution is 2.18. The molecule has 0 aliphatic rings. The number of benzene rings is 2. The van der Waals surface area contributed by atoms with Crippen molar-refractivity contribution < 1.29 is 18.8 Å². The highest BCUT2D eigenvalue weighted by Gasteiger charge is 2.17. The van der Waals surface area contributed by atoms with Gasteiger partial charge >= 0.3 is 11.8 Å². The van der Waals surface area contributed by atoms with Crippen molar-refractivity contribution in [3.8, 4) is 0 Å². The maximum absolute atomic E-state index is 12.6. The molecule has 0 saturated heterocycles. The summed E-state index contributed by atoms with van der Waals surface area (Å²) in [7, 11) is 0. The smallest absolute Gasteiger partial charge is 0.329 e. The van der Waals surface area contributed by atoms with E-state index in [4.69, 9.17) is 4.42 Å². The van der Waals surface area contributed by atoms with Crippen LogP contribution in [0, 0.1) is 6.92 Å². The van der Waals surface area contributed by atoms with Crippen molar-refractivity contribution in [1.29, 1.82) is 0 Å². The Morgan fingerprint density at radius 1 is 0.931 bits per heavy atom. The molecule has 0 saturated carbocycles. The molecule has 1 heterocycles. The fourth-order valence-corrected chi connectivity index (χ4v) is 2.46. The third-order valence-corrected chi connectivity index (χ3v) is 3.80. The lowest BCUT2D eigenvalue weighted by Gasteiger charge is -2.11. The molecule has 0 spiro atoms. The van der Waals surface area contributed by atoms with Gasteiger partial charge < -0.3 is 15.1 Å². The van der Waals surface area contributed by atoms with E-state index < -0.39 is 17.7 Å². The van der Waals surface area contributed by atoms with Gasteiger partial charge in [0.2, 0.25) is 0 Å². The van der Waals surface area contributed by atoms with Crippen molar-refractivity contribution >= 4 is 35.3 Å². The first-order valence-electron chi connectivity index (χ1n) is 8.68. The minimum absolute atomic E-state index is 0.202. The highest BCUT2D eigenvalue weighted by molar-refractivity contribution is 6.40. The maximum Gasteiger partial charge on any atom is 0.329 e. The van der Waals surface area contributed by atoms with Crippen molar-refractivity contribution in [1.82, 2.24) is 5.43 Å². The molecule has 0 aliphatic carbocycles. The number of aryl methyl sites for hydroxylation is 1. The van der Waals surface area contributed by atoms with Gasteiger partial charge in [-0.15, -0.1) is 0 Å². The molecule has 3 rings (SSSR count). The number of nitrogens with zero attached hydrogens (tertiary/aromatic N) is 1. The van der Waals surface area contributed by atoms with Gasteiger partial charge in [-0.05, 0) is 48.9 Å². The van der Waals surface area contributed by atoms with Crippen LogP contribution in [0.1, 0.15) is 21.7 Å². The number of rotatable bonds is 5. The molecule has 2 aromatic carbocycles. The van der Waals surface area contributed by atoms with Gasteiger partial charge in [0, 0.05) is 5.69 Å². The number of carbonyl (C=O) groups excluding carboxylic acids is 3. The predicted octanol–water partition coefficient (Wildman–Crippen LogP) is 2.93. The monoisotopic (exact) mass is 390 g/mol. The minimum atomic E-state index is -0.985. The van der Waals surface area contributed by atoms with Crippen LogP contribution in [0.25, 0.3) is 0 Å². The van der Waals surface area contributed by atoms with E-state index in [1.165, 1.54) is 18.5 Å². The normalized spacial score (nSPS) is 10.5. The largest absolute Gasteiger partial charge is 0.463 e. The first-order valence-corrected chi connectivity index (χ1v) is 8.68. The first kappa shape index (κ1) is 19.6. The third kappa shape index (κ3) is 5.39. The molecule has 3 N–H and O–H groups in total. The molecule has 3 aromatic rings. The average molecular weight is 390 g/mol. The Morgan fingerprint density at radius 2 is 1.76 bits per heavy atom. The van der Waals surface area contributed by atoms with Crippen molar-refractivity contribution in [3.63, 3.8) is 0 Å². The molecule has 0 radical (unpaired) electrons. The number of anilines is 2. The van der Waals surface area contributed by atoms with Crippen LogP contribution in [0.3, 0.4) is 0 Å². The van der Waals surface area contributed by atoms with E-state index >= 15 is 0 Å². The van der Waals surface area contributed by atoms with Crippen LogP contribution in [0.4, 0.5) is 11.4 Å². The van der Waals surface area contributed by atoms with Crippen LogP contribution in [0.5, 0.6) is 0 Å². The number of hydrogen-bond acceptors (Lipinski definition) is 5. The molecule has 0 atom stereocenters. The van der Waals surface area contributed by atoms with Crippen LogP contribution in [-0.4, -0.2) is 23.9 Å². The predicted molar refractivity (Wildman–Crippen MR) is 109 cm³/mol. The van der Waals surface area contributed by atoms with Gasteiger partial charge in [0.1, 0.15) is 5.76 Å². The van der Waals surface area contributed by atoms with Gasteiger partial charge in [0.15, 0.2) is 0 Å². The molecule has 0 bridgehead atoms. The van der Waals surface area contributed by atoms with Crippen molar-refractivity contribution in [3.05, 3.63) is 83.8 Å². The fourth-order valence-electron chi connectivity index (χ4n) is 2.46. The summed E-state index contributed by atoms with van der Waals surface area (Å²) in [5.41, 5.74) is 4.13. The average Bonchev–Trinajstić information content (AvgIpc) is 3.21. The Bertz CT molecular complexity index is 1060. The molecule has 1 aromatic heterocycles. The Labute approximate surface area is 166 Å². The van der Waals surface area contributed by atoms with E-state index in [2.05, 4.69) is 21.2 Å². The summed E-state index contributed by atoms with van der Waals surface area (Å²) in [5, 5.41) is 8.83. The lowest BCUT2D eigenvalue weighted by molar-refractivity contribution is -0.136. The molecule has 3 amide bonds. The number of hydrogen-bond donors (Lipinski definition) is 3. The zero-order chi connectivity index (χ0) is 20.6. The summed E-state index contributed by atoms with van der Waals surface area (Å²) >= 11 is 0. The van der Waals surface area contributed by atoms with Gasteiger partial charge in [0.25, 0.3) is 5.91 Å². The zero-order valence-electron chi connectivity index (χ0n) is 15.5. The van der Waals surface area contributed by atoms with Gasteiger partial charge in [-0.2, -0.15) is 5.10 Å². The summed E-state index contributed by atoms with van der Waals surface area (Å²) in [5.74, 6) is -1.94. The quantitative estimate of drug-likeness (QED) is 0.353. The summed E-state index contributed by atoms with van der Waals surface area (Å²) in [4.78, 5) is 36.7. The number of nitrogens with one attached hydrogen (secondary N) is 3. The molecule has 146 valence electrons. The molecule has 0 unspecified atom stereocenters. The standard InChI is InChI=1S/C21H18N4O4/c1-14-6-4-7-15(12-14)23-19(26)17-9-2-3-10-18(17)24-20(27)21(28)25-22-13-16-8-5-11-29-16/h2-13H,1H3,(H,23,26)(H,24,27)(H,25,28). The molecule has 29 heavy (non-hydrogen) atoms. The minimum Gasteiger partial charge on any atom is -0.463 e. The molecular weight excluding hydrogens is 372 g/mol.